The maximum absolute atomic E-state index is 10.9. The summed E-state index contributed by atoms with van der Waals surface area (Å²) in [7, 11) is 0. The molecule has 0 aliphatic carbocycles. The van der Waals surface area contributed by atoms with Crippen molar-refractivity contribution >= 4 is 71.1 Å². The third-order valence-corrected chi connectivity index (χ3v) is 11.1. The SMILES string of the molecule is [C-]#[N+]c1ccc(-c2cccc(C#N)c2-n2c3ccccc3c3c4c5ccccc5n(-c5ccccc5)c4ccc32)c(-n2c3ccccc3c3ccccc32)c1. The molecule has 0 aliphatic heterocycles. The molecule has 0 atom stereocenters. The molecule has 0 N–H and O–H groups in total. The van der Waals surface area contributed by atoms with E-state index < -0.39 is 0 Å². The van der Waals surface area contributed by atoms with Gasteiger partial charge in [0.2, 0.25) is 0 Å². The standard InChI is InChI=1S/C50H29N5/c1-52-33-26-27-37(47(30-33)54-41-22-9-5-17-35(41)36-18-6-10-23-42(36)54)38-21-13-14-32(31-51)50(38)55-44-25-12-8-20-40(44)49-46(55)29-28-45-48(49)39-19-7-11-24-43(39)53(45)34-15-3-2-4-16-34/h2-30H. The molecule has 0 saturated carbocycles. The highest BCUT2D eigenvalue weighted by Gasteiger charge is 2.25. The molecular formula is C50H29N5. The zero-order chi connectivity index (χ0) is 36.6. The summed E-state index contributed by atoms with van der Waals surface area (Å²) in [6, 6.07) is 63.4. The van der Waals surface area contributed by atoms with E-state index in [0.29, 0.717) is 11.3 Å². The van der Waals surface area contributed by atoms with Gasteiger partial charge in [0.05, 0.1) is 50.9 Å². The van der Waals surface area contributed by atoms with Crippen molar-refractivity contribution in [1.29, 1.82) is 5.26 Å². The summed E-state index contributed by atoms with van der Waals surface area (Å²) in [5, 5.41) is 17.8. The van der Waals surface area contributed by atoms with Crippen LogP contribution < -0.4 is 0 Å². The van der Waals surface area contributed by atoms with Crippen LogP contribution in [0.15, 0.2) is 176 Å². The van der Waals surface area contributed by atoms with Crippen LogP contribution in [-0.2, 0) is 0 Å². The zero-order valence-electron chi connectivity index (χ0n) is 29.5. The number of para-hydroxylation sites is 6. The average molecular weight is 700 g/mol. The molecule has 0 radical (unpaired) electrons. The molecule has 0 unspecified atom stereocenters. The number of nitrogens with zero attached hydrogens (tertiary/aromatic N) is 5. The monoisotopic (exact) mass is 699 g/mol. The summed E-state index contributed by atoms with van der Waals surface area (Å²) in [5.41, 5.74) is 12.2. The minimum absolute atomic E-state index is 0.549. The summed E-state index contributed by atoms with van der Waals surface area (Å²) >= 11 is 0. The Morgan fingerprint density at radius 3 is 1.56 bits per heavy atom. The highest BCUT2D eigenvalue weighted by Crippen LogP contribution is 2.46. The molecule has 11 rings (SSSR count). The van der Waals surface area contributed by atoms with Crippen molar-refractivity contribution in [3.8, 4) is 34.3 Å². The van der Waals surface area contributed by atoms with Gasteiger partial charge < -0.3 is 13.7 Å². The smallest absolute Gasteiger partial charge is 0.189 e. The first kappa shape index (κ1) is 30.7. The first-order chi connectivity index (χ1) is 27.2. The van der Waals surface area contributed by atoms with Crippen LogP contribution in [0.5, 0.6) is 0 Å². The molecule has 0 fully saturated rings. The van der Waals surface area contributed by atoms with E-state index in [1.165, 1.54) is 10.8 Å². The molecule has 5 nitrogen and oxygen atoms in total. The Morgan fingerprint density at radius 2 is 0.964 bits per heavy atom. The molecule has 5 heteroatoms. The Kier molecular flexibility index (Phi) is 6.61. The van der Waals surface area contributed by atoms with Gasteiger partial charge in [0.15, 0.2) is 5.69 Å². The molecule has 0 bridgehead atoms. The number of nitriles is 1. The summed E-state index contributed by atoms with van der Waals surface area (Å²) in [4.78, 5) is 3.88. The fourth-order valence-electron chi connectivity index (χ4n) is 8.89. The van der Waals surface area contributed by atoms with Gasteiger partial charge in [0, 0.05) is 54.8 Å². The van der Waals surface area contributed by atoms with Crippen molar-refractivity contribution in [3.05, 3.63) is 193 Å². The lowest BCUT2D eigenvalue weighted by Crippen LogP contribution is -2.03. The molecule has 11 aromatic rings. The normalized spacial score (nSPS) is 11.6. The highest BCUT2D eigenvalue weighted by molar-refractivity contribution is 6.29. The minimum atomic E-state index is 0.549. The molecule has 0 aliphatic rings. The minimum Gasteiger partial charge on any atom is -0.310 e. The van der Waals surface area contributed by atoms with Crippen molar-refractivity contribution in [2.24, 2.45) is 0 Å². The Bertz CT molecular complexity index is 3400. The van der Waals surface area contributed by atoms with Crippen molar-refractivity contribution < 1.29 is 0 Å². The van der Waals surface area contributed by atoms with Crippen LogP contribution in [0.4, 0.5) is 5.69 Å². The third kappa shape index (κ3) is 4.33. The lowest BCUT2D eigenvalue weighted by molar-refractivity contribution is 1.15. The lowest BCUT2D eigenvalue weighted by atomic mass is 9.97. The molecule has 3 aromatic heterocycles. The second-order valence-electron chi connectivity index (χ2n) is 13.9. The van der Waals surface area contributed by atoms with Gasteiger partial charge in [-0.25, -0.2) is 4.85 Å². The van der Waals surface area contributed by atoms with Crippen LogP contribution >= 0.6 is 0 Å². The molecule has 8 aromatic carbocycles. The first-order valence-corrected chi connectivity index (χ1v) is 18.3. The van der Waals surface area contributed by atoms with Crippen molar-refractivity contribution in [3.63, 3.8) is 0 Å². The number of benzene rings is 8. The summed E-state index contributed by atoms with van der Waals surface area (Å²) in [5.74, 6) is 0. The Labute approximate surface area is 316 Å². The molecular weight excluding hydrogens is 671 g/mol. The number of hydrogen-bond donors (Lipinski definition) is 0. The van der Waals surface area contributed by atoms with Gasteiger partial charge in [0.25, 0.3) is 0 Å². The fourth-order valence-corrected chi connectivity index (χ4v) is 8.89. The van der Waals surface area contributed by atoms with Gasteiger partial charge >= 0.3 is 0 Å². The number of fused-ring (bicyclic) bond motifs is 10. The van der Waals surface area contributed by atoms with Gasteiger partial charge in [-0.2, -0.15) is 5.26 Å². The van der Waals surface area contributed by atoms with Crippen molar-refractivity contribution in [1.82, 2.24) is 13.7 Å². The van der Waals surface area contributed by atoms with Crippen LogP contribution in [0.1, 0.15) is 5.56 Å². The predicted octanol–water partition coefficient (Wildman–Crippen LogP) is 13.1. The molecule has 3 heterocycles. The van der Waals surface area contributed by atoms with E-state index >= 15 is 0 Å². The van der Waals surface area contributed by atoms with E-state index in [9.17, 15) is 5.26 Å². The number of aromatic nitrogens is 3. The topological polar surface area (TPSA) is 42.9 Å². The highest BCUT2D eigenvalue weighted by atomic mass is 15.0. The maximum atomic E-state index is 10.9. The fraction of sp³-hybridized carbons (Fsp3) is 0. The van der Waals surface area contributed by atoms with Crippen LogP contribution in [0, 0.1) is 17.9 Å². The molecule has 0 amide bonds. The largest absolute Gasteiger partial charge is 0.310 e. The van der Waals surface area contributed by atoms with Gasteiger partial charge in [-0.15, -0.1) is 0 Å². The average Bonchev–Trinajstić information content (AvgIpc) is 3.89. The number of hydrogen-bond acceptors (Lipinski definition) is 1. The maximum Gasteiger partial charge on any atom is 0.189 e. The van der Waals surface area contributed by atoms with Gasteiger partial charge in [-0.3, -0.25) is 0 Å². The van der Waals surface area contributed by atoms with Crippen molar-refractivity contribution in [2.75, 3.05) is 0 Å². The molecule has 0 spiro atoms. The van der Waals surface area contributed by atoms with E-state index in [1.54, 1.807) is 0 Å². The third-order valence-electron chi connectivity index (χ3n) is 11.1. The summed E-state index contributed by atoms with van der Waals surface area (Å²) < 4.78 is 6.90. The molecule has 55 heavy (non-hydrogen) atoms. The lowest BCUT2D eigenvalue weighted by Gasteiger charge is -2.20. The quantitative estimate of drug-likeness (QED) is 0.169. The molecule has 0 saturated heterocycles. The Hall–Kier alpha value is -7.86. The summed E-state index contributed by atoms with van der Waals surface area (Å²) in [6.07, 6.45) is 0. The predicted molar refractivity (Wildman–Crippen MR) is 226 cm³/mol. The van der Waals surface area contributed by atoms with Crippen LogP contribution in [0.2, 0.25) is 0 Å². The van der Waals surface area contributed by atoms with E-state index in [2.05, 4.69) is 170 Å². The van der Waals surface area contributed by atoms with Crippen LogP contribution in [-0.4, -0.2) is 13.7 Å². The van der Waals surface area contributed by atoms with E-state index in [0.717, 1.165) is 82.8 Å². The summed E-state index contributed by atoms with van der Waals surface area (Å²) in [6.45, 7) is 8.01. The Balaban J connectivity index is 1.28. The van der Waals surface area contributed by atoms with Crippen LogP contribution in [0.3, 0.4) is 0 Å². The van der Waals surface area contributed by atoms with Gasteiger partial charge in [-0.1, -0.05) is 115 Å². The van der Waals surface area contributed by atoms with E-state index in [4.69, 9.17) is 6.57 Å². The van der Waals surface area contributed by atoms with E-state index in [-0.39, 0.29) is 0 Å². The van der Waals surface area contributed by atoms with Gasteiger partial charge in [0.1, 0.15) is 6.07 Å². The molecule has 254 valence electrons. The Morgan fingerprint density at radius 1 is 0.436 bits per heavy atom. The first-order valence-electron chi connectivity index (χ1n) is 18.3. The second kappa shape index (κ2) is 11.8. The number of rotatable bonds is 4. The second-order valence-corrected chi connectivity index (χ2v) is 13.9. The van der Waals surface area contributed by atoms with E-state index in [1.807, 2.05) is 30.3 Å². The van der Waals surface area contributed by atoms with Crippen LogP contribution in [0.25, 0.3) is 98.5 Å². The van der Waals surface area contributed by atoms with Gasteiger partial charge in [-0.05, 0) is 60.7 Å². The zero-order valence-corrected chi connectivity index (χ0v) is 29.5. The van der Waals surface area contributed by atoms with Crippen molar-refractivity contribution in [2.45, 2.75) is 0 Å².